The second-order valence-corrected chi connectivity index (χ2v) is 8.43. The number of hydrogen-bond donors (Lipinski definition) is 3. The van der Waals surface area contributed by atoms with E-state index in [9.17, 15) is 19.2 Å². The summed E-state index contributed by atoms with van der Waals surface area (Å²) < 4.78 is 5.17. The molecule has 3 N–H and O–H groups in total. The lowest BCUT2D eigenvalue weighted by molar-refractivity contribution is -0.152. The average molecular weight is 467 g/mol. The van der Waals surface area contributed by atoms with E-state index in [0.717, 1.165) is 6.42 Å². The maximum Gasteiger partial charge on any atom is 0.308 e. The number of amides is 3. The molecule has 0 spiro atoms. The van der Waals surface area contributed by atoms with E-state index < -0.39 is 12.0 Å². The van der Waals surface area contributed by atoms with Gasteiger partial charge in [-0.3, -0.25) is 19.2 Å². The van der Waals surface area contributed by atoms with E-state index in [4.69, 9.17) is 16.3 Å². The quantitative estimate of drug-likeness (QED) is 0.456. The Hall–Kier alpha value is -2.81. The summed E-state index contributed by atoms with van der Waals surface area (Å²) in [5.41, 5.74) is 1.04. The molecule has 1 heterocycles. The predicted molar refractivity (Wildman–Crippen MR) is 122 cm³/mol. The van der Waals surface area contributed by atoms with Gasteiger partial charge in [0.15, 0.2) is 0 Å². The zero-order valence-corrected chi connectivity index (χ0v) is 19.5. The first-order valence-electron chi connectivity index (χ1n) is 10.8. The number of halogens is 1. The molecule has 1 aliphatic heterocycles. The number of anilines is 2. The standard InChI is InChI=1S/C22H31ClN4O5/c1-4-5-19(28)26-15-6-7-16(23)17(10-15)25-12-20(29)27-9-8-24-22(31)18(27)11-21(30)32-13-14(2)3/h6-7,10,14,18,25H,4-5,8-9,11-13H2,1-3H3,(H,24,31)(H,26,28). The van der Waals surface area contributed by atoms with E-state index in [-0.39, 0.29) is 49.8 Å². The van der Waals surface area contributed by atoms with Crippen molar-refractivity contribution in [2.45, 2.75) is 46.1 Å². The molecule has 2 rings (SSSR count). The number of nitrogens with zero attached hydrogens (tertiary/aromatic N) is 1. The van der Waals surface area contributed by atoms with Crippen LogP contribution in [0.3, 0.4) is 0 Å². The van der Waals surface area contributed by atoms with E-state index in [2.05, 4.69) is 16.0 Å². The number of hydrogen-bond acceptors (Lipinski definition) is 6. The van der Waals surface area contributed by atoms with Crippen LogP contribution in [-0.4, -0.2) is 60.9 Å². The SMILES string of the molecule is CCCC(=O)Nc1ccc(Cl)c(NCC(=O)N2CCNC(=O)C2CC(=O)OCC(C)C)c1. The second-order valence-electron chi connectivity index (χ2n) is 8.02. The molecule has 1 fully saturated rings. The Labute approximate surface area is 193 Å². The molecule has 1 aliphatic rings. The molecule has 1 atom stereocenters. The molecule has 10 heteroatoms. The summed E-state index contributed by atoms with van der Waals surface area (Å²) in [5.74, 6) is -1.19. The Bertz CT molecular complexity index is 846. The highest BCUT2D eigenvalue weighted by atomic mass is 35.5. The fourth-order valence-corrected chi connectivity index (χ4v) is 3.34. The topological polar surface area (TPSA) is 117 Å². The van der Waals surface area contributed by atoms with E-state index >= 15 is 0 Å². The summed E-state index contributed by atoms with van der Waals surface area (Å²) >= 11 is 6.22. The number of benzene rings is 1. The lowest BCUT2D eigenvalue weighted by Gasteiger charge is -2.34. The van der Waals surface area contributed by atoms with Gasteiger partial charge in [0, 0.05) is 25.2 Å². The van der Waals surface area contributed by atoms with Crippen LogP contribution in [0.25, 0.3) is 0 Å². The molecule has 1 saturated heterocycles. The third-order valence-corrected chi connectivity index (χ3v) is 5.08. The minimum atomic E-state index is -0.923. The number of nitrogens with one attached hydrogen (secondary N) is 3. The summed E-state index contributed by atoms with van der Waals surface area (Å²) in [4.78, 5) is 50.5. The molecule has 9 nitrogen and oxygen atoms in total. The second kappa shape index (κ2) is 12.3. The van der Waals surface area contributed by atoms with Crippen LogP contribution in [0.15, 0.2) is 18.2 Å². The summed E-state index contributed by atoms with van der Waals surface area (Å²) in [6, 6.07) is 4.02. The van der Waals surface area contributed by atoms with Crippen LogP contribution in [0.4, 0.5) is 11.4 Å². The normalized spacial score (nSPS) is 15.8. The third kappa shape index (κ3) is 7.71. The van der Waals surface area contributed by atoms with Gasteiger partial charge in [0.25, 0.3) is 0 Å². The van der Waals surface area contributed by atoms with Crippen LogP contribution in [0.5, 0.6) is 0 Å². The Morgan fingerprint density at radius 3 is 2.75 bits per heavy atom. The zero-order chi connectivity index (χ0) is 23.7. The Morgan fingerprint density at radius 2 is 2.06 bits per heavy atom. The van der Waals surface area contributed by atoms with Crippen molar-refractivity contribution in [3.05, 3.63) is 23.2 Å². The van der Waals surface area contributed by atoms with Gasteiger partial charge in [-0.1, -0.05) is 32.4 Å². The lowest BCUT2D eigenvalue weighted by Crippen LogP contribution is -2.58. The molecule has 0 aromatic heterocycles. The summed E-state index contributed by atoms with van der Waals surface area (Å²) in [6.07, 6.45) is 0.931. The number of rotatable bonds is 10. The van der Waals surface area contributed by atoms with Crippen molar-refractivity contribution in [2.75, 3.05) is 36.9 Å². The Balaban J connectivity index is 2.01. The summed E-state index contributed by atoms with van der Waals surface area (Å²) in [5, 5.41) is 8.81. The molecule has 176 valence electrons. The van der Waals surface area contributed by atoms with Crippen molar-refractivity contribution >= 4 is 46.7 Å². The van der Waals surface area contributed by atoms with Gasteiger partial charge in [-0.05, 0) is 30.5 Å². The average Bonchev–Trinajstić information content (AvgIpc) is 2.74. The van der Waals surface area contributed by atoms with Crippen LogP contribution in [-0.2, 0) is 23.9 Å². The predicted octanol–water partition coefficient (Wildman–Crippen LogP) is 2.41. The zero-order valence-electron chi connectivity index (χ0n) is 18.7. The molecular weight excluding hydrogens is 436 g/mol. The first-order valence-corrected chi connectivity index (χ1v) is 11.1. The fourth-order valence-electron chi connectivity index (χ4n) is 3.15. The maximum atomic E-state index is 12.9. The molecule has 0 bridgehead atoms. The number of ether oxygens (including phenoxy) is 1. The van der Waals surface area contributed by atoms with Gasteiger partial charge < -0.3 is 25.6 Å². The van der Waals surface area contributed by atoms with Crippen molar-refractivity contribution in [3.63, 3.8) is 0 Å². The molecule has 32 heavy (non-hydrogen) atoms. The van der Waals surface area contributed by atoms with Crippen LogP contribution in [0, 0.1) is 5.92 Å². The summed E-state index contributed by atoms with van der Waals surface area (Å²) in [7, 11) is 0. The van der Waals surface area contributed by atoms with Gasteiger partial charge in [-0.25, -0.2) is 0 Å². The van der Waals surface area contributed by atoms with Crippen molar-refractivity contribution in [3.8, 4) is 0 Å². The highest BCUT2D eigenvalue weighted by molar-refractivity contribution is 6.33. The monoisotopic (exact) mass is 466 g/mol. The van der Waals surface area contributed by atoms with Crippen LogP contribution in [0.1, 0.15) is 40.0 Å². The first-order chi connectivity index (χ1) is 15.2. The van der Waals surface area contributed by atoms with Crippen LogP contribution in [0.2, 0.25) is 5.02 Å². The van der Waals surface area contributed by atoms with E-state index in [1.807, 2.05) is 20.8 Å². The Kier molecular flexibility index (Phi) is 9.77. The molecule has 1 aromatic rings. The molecular formula is C22H31ClN4O5. The van der Waals surface area contributed by atoms with Crippen LogP contribution >= 0.6 is 11.6 Å². The van der Waals surface area contributed by atoms with Crippen molar-refractivity contribution in [1.29, 1.82) is 0 Å². The van der Waals surface area contributed by atoms with Gasteiger partial charge in [0.1, 0.15) is 6.04 Å². The molecule has 3 amide bonds. The maximum absolute atomic E-state index is 12.9. The highest BCUT2D eigenvalue weighted by Gasteiger charge is 2.35. The van der Waals surface area contributed by atoms with Crippen LogP contribution < -0.4 is 16.0 Å². The van der Waals surface area contributed by atoms with E-state index in [0.29, 0.717) is 29.4 Å². The summed E-state index contributed by atoms with van der Waals surface area (Å²) in [6.45, 7) is 6.47. The first kappa shape index (κ1) is 25.5. The van der Waals surface area contributed by atoms with E-state index in [1.54, 1.807) is 18.2 Å². The van der Waals surface area contributed by atoms with Crippen molar-refractivity contribution < 1.29 is 23.9 Å². The minimum absolute atomic E-state index is 0.108. The number of carbonyl (C=O) groups excluding carboxylic acids is 4. The van der Waals surface area contributed by atoms with Gasteiger partial charge in [-0.15, -0.1) is 0 Å². The smallest absolute Gasteiger partial charge is 0.308 e. The molecule has 1 unspecified atom stereocenters. The number of carbonyl (C=O) groups is 4. The molecule has 0 aliphatic carbocycles. The largest absolute Gasteiger partial charge is 0.465 e. The molecule has 1 aromatic carbocycles. The molecule has 0 saturated carbocycles. The van der Waals surface area contributed by atoms with Gasteiger partial charge in [0.05, 0.1) is 30.3 Å². The number of esters is 1. The van der Waals surface area contributed by atoms with E-state index in [1.165, 1.54) is 4.90 Å². The minimum Gasteiger partial charge on any atom is -0.465 e. The number of piperazine rings is 1. The van der Waals surface area contributed by atoms with Crippen molar-refractivity contribution in [1.82, 2.24) is 10.2 Å². The van der Waals surface area contributed by atoms with Gasteiger partial charge in [0.2, 0.25) is 17.7 Å². The van der Waals surface area contributed by atoms with Gasteiger partial charge in [-0.2, -0.15) is 0 Å². The Morgan fingerprint density at radius 1 is 1.31 bits per heavy atom. The molecule has 0 radical (unpaired) electrons. The highest BCUT2D eigenvalue weighted by Crippen LogP contribution is 2.26. The van der Waals surface area contributed by atoms with Crippen molar-refractivity contribution in [2.24, 2.45) is 5.92 Å². The lowest BCUT2D eigenvalue weighted by atomic mass is 10.1. The van der Waals surface area contributed by atoms with Gasteiger partial charge >= 0.3 is 5.97 Å². The third-order valence-electron chi connectivity index (χ3n) is 4.75. The fraction of sp³-hybridized carbons (Fsp3) is 0.545.